The number of thioether (sulfide) groups is 1. The van der Waals surface area contributed by atoms with Crippen LogP contribution in [0.25, 0.3) is 0 Å². The standard InChI is InChI=1S/C14H20O4S2/c1-5-18-13(15)14(19-4,11(2)3)20(16,17)12-9-7-6-8-10-12/h6-11H,5H2,1-4H3. The van der Waals surface area contributed by atoms with Crippen LogP contribution in [-0.2, 0) is 19.4 Å². The van der Waals surface area contributed by atoms with Crippen molar-refractivity contribution in [3.8, 4) is 0 Å². The molecule has 0 heterocycles. The highest BCUT2D eigenvalue weighted by atomic mass is 32.3. The summed E-state index contributed by atoms with van der Waals surface area (Å²) in [4.78, 5) is 12.5. The summed E-state index contributed by atoms with van der Waals surface area (Å²) in [5, 5.41) is 0. The highest BCUT2D eigenvalue weighted by Gasteiger charge is 2.54. The van der Waals surface area contributed by atoms with E-state index < -0.39 is 25.8 Å². The fourth-order valence-electron chi connectivity index (χ4n) is 2.09. The minimum Gasteiger partial charge on any atom is -0.464 e. The van der Waals surface area contributed by atoms with Gasteiger partial charge in [-0.3, -0.25) is 0 Å². The highest BCUT2D eigenvalue weighted by molar-refractivity contribution is 8.15. The SMILES string of the molecule is CCOC(=O)C(SC)(C(C)C)S(=O)(=O)c1ccccc1. The van der Waals surface area contributed by atoms with E-state index in [4.69, 9.17) is 4.74 Å². The summed E-state index contributed by atoms with van der Waals surface area (Å²) in [5.74, 6) is -1.12. The third-order valence-electron chi connectivity index (χ3n) is 3.08. The fraction of sp³-hybridized carbons (Fsp3) is 0.500. The molecule has 0 saturated carbocycles. The summed E-state index contributed by atoms with van der Waals surface area (Å²) in [6.45, 7) is 5.25. The minimum atomic E-state index is -3.85. The van der Waals surface area contributed by atoms with Gasteiger partial charge < -0.3 is 4.74 Å². The van der Waals surface area contributed by atoms with E-state index in [1.165, 1.54) is 12.1 Å². The van der Waals surface area contributed by atoms with Crippen LogP contribution >= 0.6 is 11.8 Å². The van der Waals surface area contributed by atoms with Gasteiger partial charge in [0.15, 0.2) is 0 Å². The average Bonchev–Trinajstić information content (AvgIpc) is 2.40. The van der Waals surface area contributed by atoms with E-state index in [9.17, 15) is 13.2 Å². The van der Waals surface area contributed by atoms with Crippen LogP contribution in [0.1, 0.15) is 20.8 Å². The van der Waals surface area contributed by atoms with E-state index in [-0.39, 0.29) is 11.5 Å². The van der Waals surface area contributed by atoms with E-state index in [1.54, 1.807) is 45.2 Å². The molecule has 0 fully saturated rings. The molecule has 0 amide bonds. The second-order valence-electron chi connectivity index (χ2n) is 4.56. The summed E-state index contributed by atoms with van der Waals surface area (Å²) in [5.41, 5.74) is 0. The van der Waals surface area contributed by atoms with Crippen LogP contribution in [0.5, 0.6) is 0 Å². The van der Waals surface area contributed by atoms with Gasteiger partial charge in [-0.1, -0.05) is 32.0 Å². The molecule has 1 aromatic rings. The molecule has 0 N–H and O–H groups in total. The molecule has 4 nitrogen and oxygen atoms in total. The number of esters is 1. The van der Waals surface area contributed by atoms with Crippen molar-refractivity contribution in [2.45, 2.75) is 29.7 Å². The molecule has 6 heteroatoms. The normalized spacial score (nSPS) is 14.8. The van der Waals surface area contributed by atoms with Crippen molar-refractivity contribution in [2.24, 2.45) is 5.92 Å². The largest absolute Gasteiger partial charge is 0.464 e. The van der Waals surface area contributed by atoms with Gasteiger partial charge in [0.25, 0.3) is 0 Å². The van der Waals surface area contributed by atoms with Crippen molar-refractivity contribution in [2.75, 3.05) is 12.9 Å². The summed E-state index contributed by atoms with van der Waals surface area (Å²) in [7, 11) is -3.85. The predicted octanol–water partition coefficient (Wildman–Crippen LogP) is 2.74. The van der Waals surface area contributed by atoms with Crippen LogP contribution in [0.3, 0.4) is 0 Å². The van der Waals surface area contributed by atoms with Gasteiger partial charge in [0.2, 0.25) is 13.9 Å². The Bertz CT molecular complexity index is 552. The number of ether oxygens (including phenoxy) is 1. The number of carbonyl (C=O) groups excluding carboxylic acids is 1. The quantitative estimate of drug-likeness (QED) is 0.755. The smallest absolute Gasteiger partial charge is 0.338 e. The molecule has 0 aliphatic heterocycles. The number of benzene rings is 1. The molecule has 0 spiro atoms. The minimum absolute atomic E-state index is 0.135. The van der Waals surface area contributed by atoms with E-state index in [0.29, 0.717) is 0 Å². The Labute approximate surface area is 124 Å². The number of hydrogen-bond donors (Lipinski definition) is 0. The van der Waals surface area contributed by atoms with E-state index in [0.717, 1.165) is 11.8 Å². The lowest BCUT2D eigenvalue weighted by Crippen LogP contribution is -2.48. The first-order valence-corrected chi connectivity index (χ1v) is 9.07. The molecule has 1 rings (SSSR count). The zero-order valence-corrected chi connectivity index (χ0v) is 13.8. The molecule has 1 atom stereocenters. The summed E-state index contributed by atoms with van der Waals surface area (Å²) < 4.78 is 29.3. The topological polar surface area (TPSA) is 60.4 Å². The van der Waals surface area contributed by atoms with Gasteiger partial charge >= 0.3 is 5.97 Å². The zero-order valence-electron chi connectivity index (χ0n) is 12.1. The maximum atomic E-state index is 12.9. The molecular weight excluding hydrogens is 296 g/mol. The first-order chi connectivity index (χ1) is 9.34. The molecule has 1 aromatic carbocycles. The first-order valence-electron chi connectivity index (χ1n) is 6.36. The van der Waals surface area contributed by atoms with Gasteiger partial charge in [0.05, 0.1) is 11.5 Å². The predicted molar refractivity (Wildman–Crippen MR) is 81.3 cm³/mol. The van der Waals surface area contributed by atoms with E-state index >= 15 is 0 Å². The first kappa shape index (κ1) is 17.0. The lowest BCUT2D eigenvalue weighted by molar-refractivity contribution is -0.144. The second-order valence-corrected chi connectivity index (χ2v) is 8.00. The van der Waals surface area contributed by atoms with Crippen molar-refractivity contribution in [1.29, 1.82) is 0 Å². The average molecular weight is 316 g/mol. The molecule has 0 bridgehead atoms. The molecule has 0 aliphatic rings. The zero-order chi connectivity index (χ0) is 15.4. The van der Waals surface area contributed by atoms with Crippen LogP contribution in [0.15, 0.2) is 35.2 Å². The monoisotopic (exact) mass is 316 g/mol. The third kappa shape index (κ3) is 2.72. The summed E-state index contributed by atoms with van der Waals surface area (Å²) in [6.07, 6.45) is 1.62. The maximum absolute atomic E-state index is 12.9. The van der Waals surface area contributed by atoms with Gasteiger partial charge in [0.1, 0.15) is 0 Å². The van der Waals surface area contributed by atoms with Crippen LogP contribution in [0.4, 0.5) is 0 Å². The van der Waals surface area contributed by atoms with E-state index in [2.05, 4.69) is 0 Å². The number of carbonyl (C=O) groups is 1. The third-order valence-corrected chi connectivity index (χ3v) is 7.81. The fourth-order valence-corrected chi connectivity index (χ4v) is 5.72. The van der Waals surface area contributed by atoms with Gasteiger partial charge in [-0.05, 0) is 31.2 Å². The Morgan fingerprint density at radius 2 is 1.85 bits per heavy atom. The van der Waals surface area contributed by atoms with Gasteiger partial charge in [-0.2, -0.15) is 0 Å². The molecule has 1 unspecified atom stereocenters. The lowest BCUT2D eigenvalue weighted by atomic mass is 10.1. The molecule has 0 aliphatic carbocycles. The number of sulfone groups is 1. The molecule has 112 valence electrons. The number of hydrogen-bond acceptors (Lipinski definition) is 5. The Morgan fingerprint density at radius 3 is 2.25 bits per heavy atom. The Hall–Kier alpha value is -1.01. The van der Waals surface area contributed by atoms with Crippen molar-refractivity contribution in [3.05, 3.63) is 30.3 Å². The molecule has 0 radical (unpaired) electrons. The molecule has 0 saturated heterocycles. The molecule has 20 heavy (non-hydrogen) atoms. The van der Waals surface area contributed by atoms with Crippen LogP contribution in [0.2, 0.25) is 0 Å². The Morgan fingerprint density at radius 1 is 1.30 bits per heavy atom. The van der Waals surface area contributed by atoms with Gasteiger partial charge in [0, 0.05) is 0 Å². The lowest BCUT2D eigenvalue weighted by Gasteiger charge is -2.32. The van der Waals surface area contributed by atoms with Gasteiger partial charge in [-0.15, -0.1) is 11.8 Å². The van der Waals surface area contributed by atoms with Crippen LogP contribution in [0, 0.1) is 5.92 Å². The van der Waals surface area contributed by atoms with Crippen molar-refractivity contribution < 1.29 is 17.9 Å². The second kappa shape index (κ2) is 6.63. The van der Waals surface area contributed by atoms with Crippen LogP contribution in [-0.4, -0.2) is 31.3 Å². The Balaban J connectivity index is 3.49. The summed E-state index contributed by atoms with van der Waals surface area (Å²) >= 11 is 1.01. The molecule has 0 aromatic heterocycles. The molecular formula is C14H20O4S2. The summed E-state index contributed by atoms with van der Waals surface area (Å²) in [6, 6.07) is 8.02. The Kier molecular flexibility index (Phi) is 5.65. The maximum Gasteiger partial charge on any atom is 0.338 e. The number of rotatable bonds is 6. The highest BCUT2D eigenvalue weighted by Crippen LogP contribution is 2.42. The van der Waals surface area contributed by atoms with Crippen molar-refractivity contribution in [1.82, 2.24) is 0 Å². The van der Waals surface area contributed by atoms with Crippen molar-refractivity contribution in [3.63, 3.8) is 0 Å². The van der Waals surface area contributed by atoms with Crippen LogP contribution < -0.4 is 0 Å². The van der Waals surface area contributed by atoms with Gasteiger partial charge in [-0.25, -0.2) is 13.2 Å². The van der Waals surface area contributed by atoms with Crippen molar-refractivity contribution >= 4 is 27.6 Å². The van der Waals surface area contributed by atoms with E-state index in [1.807, 2.05) is 0 Å².